The Labute approximate surface area is 183 Å². The summed E-state index contributed by atoms with van der Waals surface area (Å²) in [5.74, 6) is -0.0710. The molecule has 0 radical (unpaired) electrons. The number of anilines is 2. The summed E-state index contributed by atoms with van der Waals surface area (Å²) in [6.45, 7) is 3.64. The molecule has 4 heteroatoms. The number of fused-ring (bicyclic) bond motifs is 1. The lowest BCUT2D eigenvalue weighted by molar-refractivity contribution is -0.117. The van der Waals surface area contributed by atoms with Crippen LogP contribution in [0.4, 0.5) is 11.4 Å². The lowest BCUT2D eigenvalue weighted by Crippen LogP contribution is -2.47. The average Bonchev–Trinajstić information content (AvgIpc) is 2.79. The fraction of sp³-hybridized carbons (Fsp3) is 0.185. The third-order valence-corrected chi connectivity index (χ3v) is 5.70. The summed E-state index contributed by atoms with van der Waals surface area (Å²) >= 11 is 0. The van der Waals surface area contributed by atoms with Gasteiger partial charge in [0.05, 0.1) is 6.04 Å². The zero-order valence-corrected chi connectivity index (χ0v) is 17.8. The van der Waals surface area contributed by atoms with Crippen molar-refractivity contribution in [3.05, 3.63) is 102 Å². The fourth-order valence-electron chi connectivity index (χ4n) is 4.34. The number of amides is 2. The van der Waals surface area contributed by atoms with E-state index < -0.39 is 0 Å². The first kappa shape index (κ1) is 20.6. The van der Waals surface area contributed by atoms with Crippen LogP contribution in [0.15, 0.2) is 91.0 Å². The summed E-state index contributed by atoms with van der Waals surface area (Å²) in [5, 5.41) is 0. The first-order chi connectivity index (χ1) is 15.1. The topological polar surface area (TPSA) is 40.6 Å². The molecule has 0 fully saturated rings. The molecule has 31 heavy (non-hydrogen) atoms. The fourth-order valence-corrected chi connectivity index (χ4v) is 4.34. The molecule has 0 saturated carbocycles. The molecule has 1 aliphatic rings. The van der Waals surface area contributed by atoms with Gasteiger partial charge in [0.25, 0.3) is 5.91 Å². The van der Waals surface area contributed by atoms with E-state index in [1.807, 2.05) is 108 Å². The van der Waals surface area contributed by atoms with E-state index in [2.05, 4.69) is 0 Å². The molecule has 3 aromatic rings. The molecule has 4 rings (SSSR count). The third-order valence-electron chi connectivity index (χ3n) is 5.70. The van der Waals surface area contributed by atoms with Gasteiger partial charge in [0.1, 0.15) is 0 Å². The van der Waals surface area contributed by atoms with Gasteiger partial charge in [0.15, 0.2) is 0 Å². The normalized spacial score (nSPS) is 17.9. The number of hydrogen-bond donors (Lipinski definition) is 0. The smallest absolute Gasteiger partial charge is 0.251 e. The molecule has 1 heterocycles. The molecule has 0 spiro atoms. The Kier molecular flexibility index (Phi) is 5.99. The first-order valence-electron chi connectivity index (χ1n) is 10.6. The maximum absolute atomic E-state index is 13.2. The predicted molar refractivity (Wildman–Crippen MR) is 126 cm³/mol. The van der Waals surface area contributed by atoms with Crippen LogP contribution in [0.25, 0.3) is 6.08 Å². The van der Waals surface area contributed by atoms with Gasteiger partial charge in [0, 0.05) is 30.4 Å². The molecule has 0 aliphatic carbocycles. The van der Waals surface area contributed by atoms with Gasteiger partial charge in [-0.05, 0) is 48.7 Å². The molecule has 2 amide bonds. The number of benzene rings is 3. The molecule has 2 atom stereocenters. The summed E-state index contributed by atoms with van der Waals surface area (Å²) in [7, 11) is 0. The molecule has 2 unspecified atom stereocenters. The van der Waals surface area contributed by atoms with Gasteiger partial charge in [-0.15, -0.1) is 0 Å². The number of hydrogen-bond acceptors (Lipinski definition) is 2. The molecule has 0 aromatic heterocycles. The van der Waals surface area contributed by atoms with Crippen LogP contribution in [0.3, 0.4) is 0 Å². The minimum Gasteiger partial charge on any atom is -0.306 e. The highest BCUT2D eigenvalue weighted by Gasteiger charge is 2.37. The Morgan fingerprint density at radius 3 is 2.19 bits per heavy atom. The molecular formula is C27H26N2O2. The van der Waals surface area contributed by atoms with E-state index in [0.29, 0.717) is 6.42 Å². The highest BCUT2D eigenvalue weighted by atomic mass is 16.2. The van der Waals surface area contributed by atoms with Crippen molar-refractivity contribution >= 4 is 29.3 Å². The highest BCUT2D eigenvalue weighted by Crippen LogP contribution is 2.42. The average molecular weight is 411 g/mol. The summed E-state index contributed by atoms with van der Waals surface area (Å²) in [6.07, 6.45) is 4.13. The summed E-state index contributed by atoms with van der Waals surface area (Å²) in [4.78, 5) is 29.5. The largest absolute Gasteiger partial charge is 0.306 e. The van der Waals surface area contributed by atoms with Crippen molar-refractivity contribution in [3.8, 4) is 0 Å². The van der Waals surface area contributed by atoms with Crippen LogP contribution in [-0.4, -0.2) is 17.9 Å². The summed E-state index contributed by atoms with van der Waals surface area (Å²) in [6, 6.07) is 27.2. The van der Waals surface area contributed by atoms with Gasteiger partial charge < -0.3 is 9.80 Å². The number of carbonyl (C=O) groups is 2. The number of carbonyl (C=O) groups excluding carboxylic acids is 2. The van der Waals surface area contributed by atoms with Crippen molar-refractivity contribution in [2.75, 3.05) is 9.80 Å². The van der Waals surface area contributed by atoms with Crippen molar-refractivity contribution in [1.29, 1.82) is 0 Å². The number of rotatable bonds is 4. The van der Waals surface area contributed by atoms with Crippen LogP contribution in [0, 0.1) is 0 Å². The number of para-hydroxylation sites is 2. The van der Waals surface area contributed by atoms with Gasteiger partial charge in [0.2, 0.25) is 5.91 Å². The summed E-state index contributed by atoms with van der Waals surface area (Å²) in [5.41, 5.74) is 3.70. The van der Waals surface area contributed by atoms with Crippen molar-refractivity contribution < 1.29 is 9.59 Å². The molecule has 4 nitrogen and oxygen atoms in total. The van der Waals surface area contributed by atoms with Gasteiger partial charge in [-0.3, -0.25) is 9.59 Å². The van der Waals surface area contributed by atoms with Gasteiger partial charge in [-0.2, -0.15) is 0 Å². The van der Waals surface area contributed by atoms with Crippen molar-refractivity contribution in [1.82, 2.24) is 0 Å². The zero-order valence-electron chi connectivity index (χ0n) is 17.8. The molecule has 0 bridgehead atoms. The Morgan fingerprint density at radius 1 is 0.903 bits per heavy atom. The standard InChI is InChI=1S/C27H26N2O2/c1-20-19-26(29(21(2)30)23-13-7-4-8-14-23)24-15-9-10-16-25(24)28(20)27(31)18-17-22-11-5-3-6-12-22/h3-18,20,26H,19H2,1-2H3/b18-17-. The van der Waals surface area contributed by atoms with Gasteiger partial charge in [-0.1, -0.05) is 66.7 Å². The molecule has 0 saturated heterocycles. The quantitative estimate of drug-likeness (QED) is 0.524. The molecule has 3 aromatic carbocycles. The van der Waals surface area contributed by atoms with E-state index in [-0.39, 0.29) is 23.9 Å². The van der Waals surface area contributed by atoms with Crippen LogP contribution in [0.5, 0.6) is 0 Å². The van der Waals surface area contributed by atoms with Gasteiger partial charge >= 0.3 is 0 Å². The van der Waals surface area contributed by atoms with Crippen LogP contribution in [-0.2, 0) is 9.59 Å². The van der Waals surface area contributed by atoms with Gasteiger partial charge in [-0.25, -0.2) is 0 Å². The third kappa shape index (κ3) is 4.29. The SMILES string of the molecule is CC(=O)N(c1ccccc1)C1CC(C)N(C(=O)/C=C\c2ccccc2)c2ccccc21. The monoisotopic (exact) mass is 410 g/mol. The lowest BCUT2D eigenvalue weighted by atomic mass is 9.89. The Hall–Kier alpha value is -3.66. The number of nitrogens with zero attached hydrogens (tertiary/aromatic N) is 2. The Bertz CT molecular complexity index is 1090. The Morgan fingerprint density at radius 2 is 1.52 bits per heavy atom. The van der Waals surface area contributed by atoms with Crippen LogP contribution >= 0.6 is 0 Å². The van der Waals surface area contributed by atoms with Crippen molar-refractivity contribution in [2.24, 2.45) is 0 Å². The molecular weight excluding hydrogens is 384 g/mol. The minimum atomic E-state index is -0.131. The molecule has 1 aliphatic heterocycles. The second kappa shape index (κ2) is 9.00. The van der Waals surface area contributed by atoms with E-state index >= 15 is 0 Å². The second-order valence-corrected chi connectivity index (χ2v) is 7.84. The molecule has 0 N–H and O–H groups in total. The van der Waals surface area contributed by atoms with E-state index in [4.69, 9.17) is 0 Å². The first-order valence-corrected chi connectivity index (χ1v) is 10.6. The minimum absolute atomic E-state index is 0.0121. The van der Waals surface area contributed by atoms with Crippen LogP contribution < -0.4 is 9.80 Å². The van der Waals surface area contributed by atoms with Crippen LogP contribution in [0.1, 0.15) is 37.4 Å². The zero-order chi connectivity index (χ0) is 21.8. The second-order valence-electron chi connectivity index (χ2n) is 7.84. The maximum Gasteiger partial charge on any atom is 0.251 e. The molecule has 156 valence electrons. The maximum atomic E-state index is 13.2. The van der Waals surface area contributed by atoms with Crippen molar-refractivity contribution in [3.63, 3.8) is 0 Å². The predicted octanol–water partition coefficient (Wildman–Crippen LogP) is 5.62. The highest BCUT2D eigenvalue weighted by molar-refractivity contribution is 6.05. The van der Waals surface area contributed by atoms with E-state index in [1.54, 1.807) is 13.0 Å². The summed E-state index contributed by atoms with van der Waals surface area (Å²) < 4.78 is 0. The van der Waals surface area contributed by atoms with Crippen molar-refractivity contribution in [2.45, 2.75) is 32.4 Å². The van der Waals surface area contributed by atoms with E-state index in [0.717, 1.165) is 22.5 Å². The van der Waals surface area contributed by atoms with E-state index in [1.165, 1.54) is 0 Å². The Balaban J connectivity index is 1.70. The lowest BCUT2D eigenvalue weighted by Gasteiger charge is -2.43. The van der Waals surface area contributed by atoms with E-state index in [9.17, 15) is 9.59 Å². The van der Waals surface area contributed by atoms with Crippen LogP contribution in [0.2, 0.25) is 0 Å².